The van der Waals surface area contributed by atoms with Crippen molar-refractivity contribution in [2.75, 3.05) is 0 Å². The van der Waals surface area contributed by atoms with Crippen LogP contribution in [-0.2, 0) is 18.0 Å². The number of carboxylic acid groups (broad SMARTS) is 1. The predicted octanol–water partition coefficient (Wildman–Crippen LogP) is 4.15. The molecule has 2 aromatic heterocycles. The van der Waals surface area contributed by atoms with Gasteiger partial charge in [-0.25, -0.2) is 9.78 Å². The Balaban J connectivity index is 1.59. The van der Waals surface area contributed by atoms with Crippen molar-refractivity contribution >= 4 is 11.6 Å². The summed E-state index contributed by atoms with van der Waals surface area (Å²) in [6.07, 6.45) is 1.92. The Morgan fingerprint density at radius 2 is 1.69 bits per heavy atom. The largest absolute Gasteiger partial charge is 0.478 e. The zero-order valence-corrected chi connectivity index (χ0v) is 15.6. The van der Waals surface area contributed by atoms with Gasteiger partial charge in [0.05, 0.1) is 18.8 Å². The molecule has 5 nitrogen and oxygen atoms in total. The van der Waals surface area contributed by atoms with Crippen LogP contribution in [0.15, 0.2) is 79.0 Å². The summed E-state index contributed by atoms with van der Waals surface area (Å²) in [5.74, 6) is 5.41. The molecule has 0 amide bonds. The molecule has 142 valence electrons. The van der Waals surface area contributed by atoms with Crippen molar-refractivity contribution < 1.29 is 14.6 Å². The number of pyridine rings is 1. The van der Waals surface area contributed by atoms with Crippen LogP contribution in [0.1, 0.15) is 32.9 Å². The number of ether oxygens (including phenoxy) is 1. The highest BCUT2D eigenvalue weighted by molar-refractivity contribution is 5.89. The minimum absolute atomic E-state index is 0.182. The predicted molar refractivity (Wildman–Crippen MR) is 110 cm³/mol. The molecule has 0 aliphatic heterocycles. The van der Waals surface area contributed by atoms with Gasteiger partial charge in [-0.15, -0.1) is 0 Å². The van der Waals surface area contributed by atoms with E-state index in [1.807, 2.05) is 59.1 Å². The second-order valence-corrected chi connectivity index (χ2v) is 6.41. The average molecular weight is 382 g/mol. The number of benzene rings is 2. The van der Waals surface area contributed by atoms with Crippen LogP contribution in [0.3, 0.4) is 0 Å². The number of nitrogens with zero attached hydrogens (tertiary/aromatic N) is 2. The fourth-order valence-electron chi connectivity index (χ4n) is 3.04. The Morgan fingerprint density at radius 1 is 0.931 bits per heavy atom. The second-order valence-electron chi connectivity index (χ2n) is 6.41. The number of carboxylic acids is 1. The fourth-order valence-corrected chi connectivity index (χ4v) is 3.04. The number of aromatic carboxylic acids is 1. The summed E-state index contributed by atoms with van der Waals surface area (Å²) in [5.41, 5.74) is 4.05. The van der Waals surface area contributed by atoms with E-state index in [4.69, 9.17) is 4.74 Å². The van der Waals surface area contributed by atoms with E-state index in [9.17, 15) is 9.90 Å². The summed E-state index contributed by atoms with van der Waals surface area (Å²) in [6.45, 7) is 0.413. The maximum atomic E-state index is 11.4. The van der Waals surface area contributed by atoms with Crippen LogP contribution in [0.2, 0.25) is 0 Å². The lowest BCUT2D eigenvalue weighted by Gasteiger charge is -2.06. The molecule has 0 saturated heterocycles. The van der Waals surface area contributed by atoms with E-state index < -0.39 is 5.97 Å². The molecule has 0 radical (unpaired) electrons. The van der Waals surface area contributed by atoms with E-state index >= 15 is 0 Å². The van der Waals surface area contributed by atoms with E-state index in [-0.39, 0.29) is 18.8 Å². The van der Waals surface area contributed by atoms with Gasteiger partial charge in [-0.05, 0) is 41.8 Å². The Bertz CT molecular complexity index is 1220. The van der Waals surface area contributed by atoms with Crippen molar-refractivity contribution in [3.05, 3.63) is 107 Å². The first-order valence-electron chi connectivity index (χ1n) is 9.14. The number of hydrogen-bond acceptors (Lipinski definition) is 3. The summed E-state index contributed by atoms with van der Waals surface area (Å²) < 4.78 is 7.74. The lowest BCUT2D eigenvalue weighted by molar-refractivity contribution is 0.0683. The van der Waals surface area contributed by atoms with Crippen LogP contribution in [0.25, 0.3) is 5.65 Å². The molecule has 5 heteroatoms. The van der Waals surface area contributed by atoms with Crippen LogP contribution in [0.5, 0.6) is 0 Å². The molecule has 0 aliphatic rings. The standard InChI is InChI=1S/C24H18N2O3/c27-24(28)20-11-5-4-10-19(20)16-29-17-21-22(14-13-18-8-2-1-3-9-18)26-15-7-6-12-23(26)25-21/h1-12,15H,16-17H2,(H,27,28). The fraction of sp³-hybridized carbons (Fsp3) is 0.0833. The molecule has 0 saturated carbocycles. The molecule has 0 spiro atoms. The number of aromatic nitrogens is 2. The van der Waals surface area contributed by atoms with Crippen molar-refractivity contribution in [1.29, 1.82) is 0 Å². The third-order valence-corrected chi connectivity index (χ3v) is 4.45. The molecule has 4 aromatic rings. The summed E-state index contributed by atoms with van der Waals surface area (Å²) >= 11 is 0. The van der Waals surface area contributed by atoms with Gasteiger partial charge >= 0.3 is 5.97 Å². The summed E-state index contributed by atoms with van der Waals surface area (Å²) in [7, 11) is 0. The number of rotatable bonds is 5. The molecule has 0 fully saturated rings. The van der Waals surface area contributed by atoms with Gasteiger partial charge < -0.3 is 9.84 Å². The maximum Gasteiger partial charge on any atom is 0.336 e. The van der Waals surface area contributed by atoms with Gasteiger partial charge in [0.2, 0.25) is 0 Å². The Morgan fingerprint density at radius 3 is 2.52 bits per heavy atom. The van der Waals surface area contributed by atoms with Gasteiger partial charge in [0.25, 0.3) is 0 Å². The topological polar surface area (TPSA) is 63.8 Å². The molecule has 4 rings (SSSR count). The van der Waals surface area contributed by atoms with Crippen molar-refractivity contribution in [1.82, 2.24) is 9.38 Å². The summed E-state index contributed by atoms with van der Waals surface area (Å²) in [4.78, 5) is 16.0. The number of hydrogen-bond donors (Lipinski definition) is 1. The van der Waals surface area contributed by atoms with Crippen LogP contribution in [-0.4, -0.2) is 20.5 Å². The first-order valence-corrected chi connectivity index (χ1v) is 9.14. The molecule has 0 unspecified atom stereocenters. The summed E-state index contributed by atoms with van der Waals surface area (Å²) in [6, 6.07) is 22.3. The smallest absolute Gasteiger partial charge is 0.336 e. The van der Waals surface area contributed by atoms with Gasteiger partial charge in [-0.3, -0.25) is 4.40 Å². The van der Waals surface area contributed by atoms with Crippen molar-refractivity contribution in [2.24, 2.45) is 0 Å². The third kappa shape index (κ3) is 4.18. The number of carbonyl (C=O) groups is 1. The third-order valence-electron chi connectivity index (χ3n) is 4.45. The van der Waals surface area contributed by atoms with Crippen molar-refractivity contribution in [3.63, 3.8) is 0 Å². The van der Waals surface area contributed by atoms with Gasteiger partial charge in [0.1, 0.15) is 17.0 Å². The van der Waals surface area contributed by atoms with E-state index in [0.717, 1.165) is 16.9 Å². The SMILES string of the molecule is O=C(O)c1ccccc1COCc1nc2ccccn2c1C#Cc1ccccc1. The molecule has 29 heavy (non-hydrogen) atoms. The lowest BCUT2D eigenvalue weighted by Crippen LogP contribution is -2.04. The second kappa shape index (κ2) is 8.42. The van der Waals surface area contributed by atoms with Gasteiger partial charge in [-0.1, -0.05) is 48.4 Å². The van der Waals surface area contributed by atoms with Crippen LogP contribution in [0.4, 0.5) is 0 Å². The van der Waals surface area contributed by atoms with E-state index in [0.29, 0.717) is 11.3 Å². The van der Waals surface area contributed by atoms with E-state index in [1.165, 1.54) is 0 Å². The maximum absolute atomic E-state index is 11.4. The highest BCUT2D eigenvalue weighted by Gasteiger charge is 2.12. The van der Waals surface area contributed by atoms with Gasteiger partial charge in [-0.2, -0.15) is 0 Å². The lowest BCUT2D eigenvalue weighted by atomic mass is 10.1. The monoisotopic (exact) mass is 382 g/mol. The molecule has 2 heterocycles. The van der Waals surface area contributed by atoms with Gasteiger partial charge in [0, 0.05) is 11.8 Å². The molecule has 2 aromatic carbocycles. The average Bonchev–Trinajstić information content (AvgIpc) is 3.10. The normalized spacial score (nSPS) is 10.5. The quantitative estimate of drug-likeness (QED) is 0.527. The molecule has 0 aliphatic carbocycles. The van der Waals surface area contributed by atoms with E-state index in [1.54, 1.807) is 24.3 Å². The zero-order valence-electron chi connectivity index (χ0n) is 15.6. The molecule has 1 N–H and O–H groups in total. The van der Waals surface area contributed by atoms with Crippen LogP contribution >= 0.6 is 0 Å². The van der Waals surface area contributed by atoms with Gasteiger partial charge in [0.15, 0.2) is 0 Å². The minimum atomic E-state index is -0.966. The number of imidazole rings is 1. The summed E-state index contributed by atoms with van der Waals surface area (Å²) in [5, 5.41) is 9.31. The van der Waals surface area contributed by atoms with Crippen molar-refractivity contribution in [2.45, 2.75) is 13.2 Å². The number of fused-ring (bicyclic) bond motifs is 1. The first-order chi connectivity index (χ1) is 14.2. The van der Waals surface area contributed by atoms with Crippen LogP contribution in [0, 0.1) is 11.8 Å². The molecular weight excluding hydrogens is 364 g/mol. The zero-order chi connectivity index (χ0) is 20.1. The molecular formula is C24H18N2O3. The van der Waals surface area contributed by atoms with E-state index in [2.05, 4.69) is 16.8 Å². The Labute approximate surface area is 168 Å². The Hall–Kier alpha value is -3.88. The highest BCUT2D eigenvalue weighted by Crippen LogP contribution is 2.16. The van der Waals surface area contributed by atoms with Crippen molar-refractivity contribution in [3.8, 4) is 11.8 Å². The first kappa shape index (κ1) is 18.5. The highest BCUT2D eigenvalue weighted by atomic mass is 16.5. The minimum Gasteiger partial charge on any atom is -0.478 e. The van der Waals surface area contributed by atoms with Crippen LogP contribution < -0.4 is 0 Å². The molecule has 0 atom stereocenters. The molecule has 0 bridgehead atoms. The Kier molecular flexibility index (Phi) is 5.37.